The predicted molar refractivity (Wildman–Crippen MR) is 410 cm³/mol. The minimum absolute atomic E-state index is 1.14. The molecule has 0 fully saturated rings. The Morgan fingerprint density at radius 1 is 0.167 bits per heavy atom. The molecule has 0 unspecified atom stereocenters. The first-order valence-corrected chi connectivity index (χ1v) is 33.3. The number of rotatable bonds is 8. The molecule has 96 heavy (non-hydrogen) atoms. The molecule has 0 amide bonds. The number of benzene rings is 18. The van der Waals surface area contributed by atoms with Crippen LogP contribution in [0, 0.1) is 0 Å². The Hall–Kier alpha value is -12.6. The highest BCUT2D eigenvalue weighted by Gasteiger charge is 2.26. The highest BCUT2D eigenvalue weighted by atomic mass is 15.0. The molecule has 18 aromatic carbocycles. The third kappa shape index (κ3) is 8.25. The van der Waals surface area contributed by atoms with E-state index >= 15 is 0 Å². The molecule has 2 aromatic heterocycles. The van der Waals surface area contributed by atoms with Crippen LogP contribution in [-0.4, -0.2) is 9.13 Å². The van der Waals surface area contributed by atoms with Crippen molar-refractivity contribution in [3.05, 3.63) is 352 Å². The fourth-order valence-electron chi connectivity index (χ4n) is 16.3. The van der Waals surface area contributed by atoms with Gasteiger partial charge < -0.3 is 9.13 Å². The normalized spacial score (nSPS) is 12.0. The summed E-state index contributed by atoms with van der Waals surface area (Å²) in [7, 11) is 0. The van der Waals surface area contributed by atoms with Gasteiger partial charge in [-0.15, -0.1) is 0 Å². The number of para-hydroxylation sites is 2. The molecule has 0 spiro atoms. The molecule has 0 aliphatic heterocycles. The van der Waals surface area contributed by atoms with Crippen molar-refractivity contribution < 1.29 is 0 Å². The highest BCUT2D eigenvalue weighted by molar-refractivity contribution is 6.40. The molecule has 20 aromatic rings. The van der Waals surface area contributed by atoms with E-state index in [-0.39, 0.29) is 0 Å². The van der Waals surface area contributed by atoms with E-state index in [1.165, 1.54) is 186 Å². The summed E-state index contributed by atoms with van der Waals surface area (Å²) in [5.41, 5.74) is 21.5. The van der Waals surface area contributed by atoms with Gasteiger partial charge in [-0.05, 0) is 176 Å². The topological polar surface area (TPSA) is 9.86 Å². The molecule has 20 rings (SSSR count). The maximum Gasteiger partial charge on any atom is 0.0626 e. The highest BCUT2D eigenvalue weighted by Crippen LogP contribution is 2.51. The molecular formula is C94H58N2. The second-order valence-electron chi connectivity index (χ2n) is 25.8. The SMILES string of the molecule is c1ccc(-c2ccc(-n3c4ccccc4c4c5c6ccccc6c(-c6cccc(-c7ccc(-c8ccc9ccc(-n%10c%11ccccc%11c%11c%12c%13ccccc%13c(-c%13ccccc%13)cc%12c%12ccccc%12c%11%10)cc9c8)cc7)c6)cc5c5ccccc5c43)c(-c3ccccc3)c2)cc1. The van der Waals surface area contributed by atoms with Crippen molar-refractivity contribution in [1.82, 2.24) is 9.13 Å². The summed E-state index contributed by atoms with van der Waals surface area (Å²) >= 11 is 0. The summed E-state index contributed by atoms with van der Waals surface area (Å²) in [6.07, 6.45) is 0. The number of nitrogens with zero attached hydrogens (tertiary/aromatic N) is 2. The zero-order chi connectivity index (χ0) is 63.0. The number of fused-ring (bicyclic) bond motifs is 21. The van der Waals surface area contributed by atoms with E-state index in [1.54, 1.807) is 0 Å². The fraction of sp³-hybridized carbons (Fsp3) is 0. The van der Waals surface area contributed by atoms with Crippen molar-refractivity contribution in [2.24, 2.45) is 0 Å². The number of hydrogen-bond donors (Lipinski definition) is 0. The van der Waals surface area contributed by atoms with Crippen molar-refractivity contribution >= 4 is 119 Å². The van der Waals surface area contributed by atoms with Crippen LogP contribution in [0.5, 0.6) is 0 Å². The third-order valence-electron chi connectivity index (χ3n) is 20.6. The average Bonchev–Trinajstić information content (AvgIpc) is 1.48. The van der Waals surface area contributed by atoms with E-state index in [0.29, 0.717) is 0 Å². The van der Waals surface area contributed by atoms with Crippen LogP contribution in [0.15, 0.2) is 352 Å². The third-order valence-corrected chi connectivity index (χ3v) is 20.6. The van der Waals surface area contributed by atoms with Crippen LogP contribution in [0.25, 0.3) is 197 Å². The molecule has 444 valence electrons. The van der Waals surface area contributed by atoms with Gasteiger partial charge in [0.2, 0.25) is 0 Å². The van der Waals surface area contributed by atoms with Gasteiger partial charge in [-0.25, -0.2) is 0 Å². The molecule has 0 N–H and O–H groups in total. The van der Waals surface area contributed by atoms with Crippen LogP contribution < -0.4 is 0 Å². The Bertz CT molecular complexity index is 6590. The lowest BCUT2D eigenvalue weighted by Crippen LogP contribution is -1.99. The largest absolute Gasteiger partial charge is 0.309 e. The van der Waals surface area contributed by atoms with Crippen LogP contribution in [0.3, 0.4) is 0 Å². The Balaban J connectivity index is 0.696. The van der Waals surface area contributed by atoms with Crippen LogP contribution in [-0.2, 0) is 0 Å². The van der Waals surface area contributed by atoms with Crippen LogP contribution >= 0.6 is 0 Å². The molecule has 0 aliphatic carbocycles. The average molecular weight is 1220 g/mol. The van der Waals surface area contributed by atoms with Gasteiger partial charge in [-0.1, -0.05) is 291 Å². The summed E-state index contributed by atoms with van der Waals surface area (Å²) in [4.78, 5) is 0. The number of aromatic nitrogens is 2. The molecule has 0 aliphatic rings. The second kappa shape index (κ2) is 21.5. The summed E-state index contributed by atoms with van der Waals surface area (Å²) < 4.78 is 5.08. The quantitative estimate of drug-likeness (QED) is 0.134. The zero-order valence-electron chi connectivity index (χ0n) is 52.4. The minimum Gasteiger partial charge on any atom is -0.309 e. The van der Waals surface area contributed by atoms with Gasteiger partial charge in [0, 0.05) is 54.3 Å². The Morgan fingerprint density at radius 3 is 1.14 bits per heavy atom. The molecule has 0 saturated carbocycles. The molecule has 0 bridgehead atoms. The Morgan fingerprint density at radius 2 is 0.552 bits per heavy atom. The zero-order valence-corrected chi connectivity index (χ0v) is 52.4. The summed E-state index contributed by atoms with van der Waals surface area (Å²) in [6.45, 7) is 0. The maximum absolute atomic E-state index is 2.55. The lowest BCUT2D eigenvalue weighted by atomic mass is 9.88. The molecular weight excluding hydrogens is 1160 g/mol. The van der Waals surface area contributed by atoms with Crippen molar-refractivity contribution in [1.29, 1.82) is 0 Å². The van der Waals surface area contributed by atoms with Gasteiger partial charge in [0.25, 0.3) is 0 Å². The first kappa shape index (κ1) is 54.0. The van der Waals surface area contributed by atoms with Crippen LogP contribution in [0.1, 0.15) is 0 Å². The summed E-state index contributed by atoms with van der Waals surface area (Å²) in [6, 6.07) is 131. The fourth-order valence-corrected chi connectivity index (χ4v) is 16.3. The predicted octanol–water partition coefficient (Wildman–Crippen LogP) is 26.0. The van der Waals surface area contributed by atoms with E-state index in [0.717, 1.165) is 11.4 Å². The first-order valence-electron chi connectivity index (χ1n) is 33.3. The number of hydrogen-bond acceptors (Lipinski definition) is 0. The van der Waals surface area contributed by atoms with Gasteiger partial charge >= 0.3 is 0 Å². The molecule has 2 heterocycles. The van der Waals surface area contributed by atoms with E-state index in [4.69, 9.17) is 0 Å². The first-order chi connectivity index (χ1) is 47.6. The van der Waals surface area contributed by atoms with E-state index < -0.39 is 0 Å². The van der Waals surface area contributed by atoms with Crippen molar-refractivity contribution in [2.75, 3.05) is 0 Å². The van der Waals surface area contributed by atoms with Gasteiger partial charge in [0.15, 0.2) is 0 Å². The summed E-state index contributed by atoms with van der Waals surface area (Å²) in [5, 5.41) is 22.5. The van der Waals surface area contributed by atoms with Gasteiger partial charge in [-0.2, -0.15) is 0 Å². The monoisotopic (exact) mass is 1210 g/mol. The molecule has 0 saturated heterocycles. The molecule has 2 nitrogen and oxygen atoms in total. The lowest BCUT2D eigenvalue weighted by Gasteiger charge is -2.18. The van der Waals surface area contributed by atoms with Gasteiger partial charge in [0.1, 0.15) is 0 Å². The van der Waals surface area contributed by atoms with Crippen molar-refractivity contribution in [3.63, 3.8) is 0 Å². The van der Waals surface area contributed by atoms with E-state index in [1.807, 2.05) is 0 Å². The second-order valence-corrected chi connectivity index (χ2v) is 25.8. The van der Waals surface area contributed by atoms with Crippen molar-refractivity contribution in [2.45, 2.75) is 0 Å². The van der Waals surface area contributed by atoms with Gasteiger partial charge in [0.05, 0.1) is 27.8 Å². The standard InChI is InChI=1S/C94H58N2/c1-4-23-59(24-5-1)67-50-52-88(83(56-67)64-27-8-3-9-28-64)96-87-42-21-19-40-80(87)92-90-76-36-15-11-32-72(76)82(58-85(90)74-34-13-17-38-78(74)94(92)96)68-30-22-29-65(53-68)60-43-45-61(46-44-60)66-48-47-62-49-51-70(55-69(62)54-66)95-86-41-20-18-39-79(86)91-89-75-35-14-10-31-71(75)81(63-25-6-2-7-26-63)57-84(89)73-33-12-16-37-77(73)93(91)95/h1-58H. The van der Waals surface area contributed by atoms with E-state index in [9.17, 15) is 0 Å². The maximum atomic E-state index is 2.55. The summed E-state index contributed by atoms with van der Waals surface area (Å²) in [5.74, 6) is 0. The molecule has 0 radical (unpaired) electrons. The minimum atomic E-state index is 1.14. The van der Waals surface area contributed by atoms with E-state index in [2.05, 4.69) is 361 Å². The van der Waals surface area contributed by atoms with Crippen LogP contribution in [0.2, 0.25) is 0 Å². The van der Waals surface area contributed by atoms with Crippen molar-refractivity contribution in [3.8, 4) is 78.1 Å². The smallest absolute Gasteiger partial charge is 0.0626 e. The molecule has 2 heteroatoms. The van der Waals surface area contributed by atoms with Gasteiger partial charge in [-0.3, -0.25) is 0 Å². The Labute approximate surface area is 554 Å². The lowest BCUT2D eigenvalue weighted by molar-refractivity contribution is 1.19. The molecule has 0 atom stereocenters. The Kier molecular flexibility index (Phi) is 12.1. The van der Waals surface area contributed by atoms with Crippen LogP contribution in [0.4, 0.5) is 0 Å².